The van der Waals surface area contributed by atoms with E-state index in [-0.39, 0.29) is 11.3 Å². The summed E-state index contributed by atoms with van der Waals surface area (Å²) < 4.78 is 4.71. The first-order chi connectivity index (χ1) is 11.7. The zero-order valence-electron chi connectivity index (χ0n) is 13.7. The number of benzene rings is 1. The van der Waals surface area contributed by atoms with Crippen molar-refractivity contribution >= 4 is 23.4 Å². The third-order valence-electron chi connectivity index (χ3n) is 3.32. The number of hydrogen-bond acceptors (Lipinski definition) is 6. The molecule has 1 aromatic heterocycles. The number of aromatic nitrogens is 2. The van der Waals surface area contributed by atoms with E-state index in [4.69, 9.17) is 4.74 Å². The van der Waals surface area contributed by atoms with Crippen LogP contribution in [-0.2, 0) is 4.74 Å². The SMILES string of the molecule is CCCCNc1cc(C(=O)Nc2ccccc2C(=O)OC)ncn1. The minimum atomic E-state index is -0.518. The van der Waals surface area contributed by atoms with Gasteiger partial charge in [-0.1, -0.05) is 25.5 Å². The Labute approximate surface area is 140 Å². The van der Waals surface area contributed by atoms with Crippen LogP contribution in [-0.4, -0.2) is 35.5 Å². The number of esters is 1. The number of hydrogen-bond donors (Lipinski definition) is 2. The molecule has 0 atom stereocenters. The number of methoxy groups -OCH3 is 1. The molecule has 2 aromatic rings. The lowest BCUT2D eigenvalue weighted by Crippen LogP contribution is -2.17. The maximum Gasteiger partial charge on any atom is 0.339 e. The van der Waals surface area contributed by atoms with Crippen LogP contribution in [0.15, 0.2) is 36.7 Å². The third-order valence-corrected chi connectivity index (χ3v) is 3.32. The molecule has 7 heteroatoms. The lowest BCUT2D eigenvalue weighted by atomic mass is 10.1. The van der Waals surface area contributed by atoms with Crippen molar-refractivity contribution in [1.29, 1.82) is 0 Å². The highest BCUT2D eigenvalue weighted by atomic mass is 16.5. The molecule has 0 bridgehead atoms. The van der Waals surface area contributed by atoms with E-state index in [9.17, 15) is 9.59 Å². The van der Waals surface area contributed by atoms with Gasteiger partial charge < -0.3 is 15.4 Å². The van der Waals surface area contributed by atoms with E-state index in [2.05, 4.69) is 27.5 Å². The highest BCUT2D eigenvalue weighted by Gasteiger charge is 2.15. The fourth-order valence-electron chi connectivity index (χ4n) is 2.04. The van der Waals surface area contributed by atoms with Crippen LogP contribution in [0.3, 0.4) is 0 Å². The number of rotatable bonds is 7. The quantitative estimate of drug-likeness (QED) is 0.599. The Morgan fingerprint density at radius 3 is 2.75 bits per heavy atom. The minimum Gasteiger partial charge on any atom is -0.465 e. The second-order valence-electron chi connectivity index (χ2n) is 5.06. The number of amides is 1. The lowest BCUT2D eigenvalue weighted by molar-refractivity contribution is 0.0602. The molecule has 0 spiro atoms. The van der Waals surface area contributed by atoms with Gasteiger partial charge >= 0.3 is 5.97 Å². The van der Waals surface area contributed by atoms with Gasteiger partial charge in [-0.15, -0.1) is 0 Å². The fraction of sp³-hybridized carbons (Fsp3) is 0.294. The molecule has 2 rings (SSSR count). The van der Waals surface area contributed by atoms with E-state index in [0.29, 0.717) is 11.5 Å². The number of carbonyl (C=O) groups excluding carboxylic acids is 2. The molecule has 7 nitrogen and oxygen atoms in total. The number of para-hydroxylation sites is 1. The monoisotopic (exact) mass is 328 g/mol. The van der Waals surface area contributed by atoms with Gasteiger partial charge in [0, 0.05) is 12.6 Å². The summed E-state index contributed by atoms with van der Waals surface area (Å²) >= 11 is 0. The molecule has 1 aromatic carbocycles. The van der Waals surface area contributed by atoms with Crippen molar-refractivity contribution in [3.63, 3.8) is 0 Å². The molecule has 0 aliphatic carbocycles. The van der Waals surface area contributed by atoms with Gasteiger partial charge in [-0.2, -0.15) is 0 Å². The van der Waals surface area contributed by atoms with Crippen molar-refractivity contribution in [2.75, 3.05) is 24.3 Å². The number of ether oxygens (including phenoxy) is 1. The van der Waals surface area contributed by atoms with E-state index in [1.54, 1.807) is 30.3 Å². The van der Waals surface area contributed by atoms with Crippen molar-refractivity contribution in [3.05, 3.63) is 47.9 Å². The standard InChI is InChI=1S/C17H20N4O3/c1-3-4-9-18-15-10-14(19-11-20-15)16(22)21-13-8-6-5-7-12(13)17(23)24-2/h5-8,10-11H,3-4,9H2,1-2H3,(H,21,22)(H,18,19,20). The van der Waals surface area contributed by atoms with Crippen LogP contribution in [0.5, 0.6) is 0 Å². The van der Waals surface area contributed by atoms with Gasteiger partial charge in [0.1, 0.15) is 17.8 Å². The largest absolute Gasteiger partial charge is 0.465 e. The van der Waals surface area contributed by atoms with Crippen molar-refractivity contribution < 1.29 is 14.3 Å². The normalized spacial score (nSPS) is 10.1. The summed E-state index contributed by atoms with van der Waals surface area (Å²) in [5.41, 5.74) is 0.862. The predicted molar refractivity (Wildman–Crippen MR) is 91.2 cm³/mol. The predicted octanol–water partition coefficient (Wildman–Crippen LogP) is 2.73. The third kappa shape index (κ3) is 4.52. The van der Waals surface area contributed by atoms with Gasteiger partial charge in [0.2, 0.25) is 0 Å². The van der Waals surface area contributed by atoms with Crippen LogP contribution in [0.25, 0.3) is 0 Å². The molecule has 0 aliphatic rings. The maximum absolute atomic E-state index is 12.4. The zero-order chi connectivity index (χ0) is 17.4. The molecule has 24 heavy (non-hydrogen) atoms. The van der Waals surface area contributed by atoms with Gasteiger partial charge in [-0.05, 0) is 18.6 Å². The number of carbonyl (C=O) groups is 2. The van der Waals surface area contributed by atoms with Crippen LogP contribution in [0.1, 0.15) is 40.6 Å². The average Bonchev–Trinajstić information content (AvgIpc) is 2.62. The van der Waals surface area contributed by atoms with Gasteiger partial charge in [0.15, 0.2) is 0 Å². The average molecular weight is 328 g/mol. The molecule has 126 valence electrons. The Morgan fingerprint density at radius 1 is 1.21 bits per heavy atom. The Morgan fingerprint density at radius 2 is 2.00 bits per heavy atom. The molecule has 0 radical (unpaired) electrons. The fourth-order valence-corrected chi connectivity index (χ4v) is 2.04. The van der Waals surface area contributed by atoms with Crippen LogP contribution in [0, 0.1) is 0 Å². The first-order valence-electron chi connectivity index (χ1n) is 7.70. The second-order valence-corrected chi connectivity index (χ2v) is 5.06. The molecule has 1 heterocycles. The van der Waals surface area contributed by atoms with Crippen LogP contribution in [0.2, 0.25) is 0 Å². The van der Waals surface area contributed by atoms with E-state index in [1.165, 1.54) is 13.4 Å². The van der Waals surface area contributed by atoms with Crippen molar-refractivity contribution in [2.45, 2.75) is 19.8 Å². The van der Waals surface area contributed by atoms with Crippen molar-refractivity contribution in [2.24, 2.45) is 0 Å². The number of anilines is 2. The molecule has 0 saturated heterocycles. The summed E-state index contributed by atoms with van der Waals surface area (Å²) in [4.78, 5) is 32.2. The van der Waals surface area contributed by atoms with E-state index < -0.39 is 11.9 Å². The van der Waals surface area contributed by atoms with Crippen molar-refractivity contribution in [3.8, 4) is 0 Å². The topological polar surface area (TPSA) is 93.2 Å². The number of nitrogens with one attached hydrogen (secondary N) is 2. The van der Waals surface area contributed by atoms with E-state index in [0.717, 1.165) is 19.4 Å². The minimum absolute atomic E-state index is 0.212. The first-order valence-corrected chi connectivity index (χ1v) is 7.70. The summed E-state index contributed by atoms with van der Waals surface area (Å²) in [6.45, 7) is 2.87. The summed E-state index contributed by atoms with van der Waals surface area (Å²) in [6, 6.07) is 8.21. The summed E-state index contributed by atoms with van der Waals surface area (Å²) in [5.74, 6) is -0.354. The van der Waals surface area contributed by atoms with Gasteiger partial charge in [0.05, 0.1) is 18.4 Å². The number of nitrogens with zero attached hydrogens (tertiary/aromatic N) is 2. The molecule has 1 amide bonds. The Bertz CT molecular complexity index is 718. The van der Waals surface area contributed by atoms with E-state index in [1.807, 2.05) is 0 Å². The molecular weight excluding hydrogens is 308 g/mol. The zero-order valence-corrected chi connectivity index (χ0v) is 13.7. The van der Waals surface area contributed by atoms with Gasteiger partial charge in [-0.3, -0.25) is 4.79 Å². The first kappa shape index (κ1) is 17.4. The van der Waals surface area contributed by atoms with Crippen LogP contribution < -0.4 is 10.6 Å². The summed E-state index contributed by atoms with van der Waals surface area (Å²) in [6.07, 6.45) is 3.41. The smallest absolute Gasteiger partial charge is 0.339 e. The Hall–Kier alpha value is -2.96. The molecule has 0 aliphatic heterocycles. The van der Waals surface area contributed by atoms with Crippen LogP contribution >= 0.6 is 0 Å². The molecule has 0 fully saturated rings. The molecular formula is C17H20N4O3. The van der Waals surface area contributed by atoms with Crippen LogP contribution in [0.4, 0.5) is 11.5 Å². The Kier molecular flexibility index (Phi) is 6.24. The lowest BCUT2D eigenvalue weighted by Gasteiger charge is -2.10. The van der Waals surface area contributed by atoms with Gasteiger partial charge in [-0.25, -0.2) is 14.8 Å². The molecule has 2 N–H and O–H groups in total. The van der Waals surface area contributed by atoms with Crippen molar-refractivity contribution in [1.82, 2.24) is 9.97 Å². The highest BCUT2D eigenvalue weighted by molar-refractivity contribution is 6.07. The second kappa shape index (κ2) is 8.61. The van der Waals surface area contributed by atoms with Gasteiger partial charge in [0.25, 0.3) is 5.91 Å². The summed E-state index contributed by atoms with van der Waals surface area (Å²) in [5, 5.41) is 5.82. The summed E-state index contributed by atoms with van der Waals surface area (Å²) in [7, 11) is 1.29. The Balaban J connectivity index is 2.13. The highest BCUT2D eigenvalue weighted by Crippen LogP contribution is 2.17. The number of unbranched alkanes of at least 4 members (excludes halogenated alkanes) is 1. The molecule has 0 saturated carbocycles. The van der Waals surface area contributed by atoms with E-state index >= 15 is 0 Å². The molecule has 0 unspecified atom stereocenters. The maximum atomic E-state index is 12.4.